The molecule has 0 aliphatic heterocycles. The van der Waals surface area contributed by atoms with Crippen molar-refractivity contribution in [2.75, 3.05) is 11.1 Å². The van der Waals surface area contributed by atoms with Gasteiger partial charge >= 0.3 is 0 Å². The van der Waals surface area contributed by atoms with Crippen molar-refractivity contribution in [2.24, 2.45) is 0 Å². The van der Waals surface area contributed by atoms with Gasteiger partial charge in [-0.25, -0.2) is 0 Å². The maximum Gasteiger partial charge on any atom is 0.231 e. The van der Waals surface area contributed by atoms with Crippen molar-refractivity contribution >= 4 is 17.3 Å². The Morgan fingerprint density at radius 3 is 2.90 bits per heavy atom. The lowest BCUT2D eigenvalue weighted by Crippen LogP contribution is -2.25. The molecule has 2 aromatic carbocycles. The Labute approximate surface area is 125 Å². The zero-order valence-corrected chi connectivity index (χ0v) is 12.2. The number of carbonyl (C=O) groups excluding carboxylic acids is 1. The van der Waals surface area contributed by atoms with E-state index in [1.807, 2.05) is 37.3 Å². The second-order valence-corrected chi connectivity index (χ2v) is 5.71. The topological polar surface area (TPSA) is 55.1 Å². The minimum atomic E-state index is -0.0595. The normalized spacial score (nSPS) is 17.1. The molecule has 1 amide bonds. The van der Waals surface area contributed by atoms with Gasteiger partial charge in [-0.3, -0.25) is 4.79 Å². The summed E-state index contributed by atoms with van der Waals surface area (Å²) in [4.78, 5) is 12.6. The minimum Gasteiger partial charge on any atom is -0.399 e. The molecule has 3 N–H and O–H groups in total. The van der Waals surface area contributed by atoms with Crippen LogP contribution in [0.25, 0.3) is 0 Å². The standard InChI is InChI=1S/C18H20N2O/c1-12-9-10-14(19)11-17(12)20-18(21)16-8-4-6-13-5-2-3-7-15(13)16/h2-3,5,7,9-11,16H,4,6,8,19H2,1H3,(H,20,21). The van der Waals surface area contributed by atoms with Gasteiger partial charge in [-0.2, -0.15) is 0 Å². The first kappa shape index (κ1) is 13.7. The molecule has 0 spiro atoms. The summed E-state index contributed by atoms with van der Waals surface area (Å²) in [6.45, 7) is 1.98. The zero-order valence-electron chi connectivity index (χ0n) is 12.2. The van der Waals surface area contributed by atoms with Gasteiger partial charge in [-0.1, -0.05) is 30.3 Å². The molecule has 1 aliphatic rings. The molecule has 0 aromatic heterocycles. The van der Waals surface area contributed by atoms with E-state index in [4.69, 9.17) is 5.73 Å². The molecule has 1 atom stereocenters. The lowest BCUT2D eigenvalue weighted by molar-refractivity contribution is -0.117. The van der Waals surface area contributed by atoms with E-state index in [-0.39, 0.29) is 11.8 Å². The summed E-state index contributed by atoms with van der Waals surface area (Å²) >= 11 is 0. The number of carbonyl (C=O) groups is 1. The highest BCUT2D eigenvalue weighted by Crippen LogP contribution is 2.32. The number of rotatable bonds is 2. The molecule has 3 rings (SSSR count). The van der Waals surface area contributed by atoms with Gasteiger partial charge in [-0.05, 0) is 55.0 Å². The average molecular weight is 280 g/mol. The van der Waals surface area contributed by atoms with E-state index in [2.05, 4.69) is 17.4 Å². The molecular weight excluding hydrogens is 260 g/mol. The Morgan fingerprint density at radius 1 is 1.24 bits per heavy atom. The monoisotopic (exact) mass is 280 g/mol. The number of aryl methyl sites for hydroxylation is 2. The quantitative estimate of drug-likeness (QED) is 0.825. The van der Waals surface area contributed by atoms with E-state index in [1.165, 1.54) is 11.1 Å². The summed E-state index contributed by atoms with van der Waals surface area (Å²) in [6.07, 6.45) is 3.03. The fourth-order valence-corrected chi connectivity index (χ4v) is 3.02. The van der Waals surface area contributed by atoms with Crippen LogP contribution >= 0.6 is 0 Å². The van der Waals surface area contributed by atoms with Gasteiger partial charge < -0.3 is 11.1 Å². The van der Waals surface area contributed by atoms with Crippen LogP contribution in [0, 0.1) is 6.92 Å². The van der Waals surface area contributed by atoms with Crippen molar-refractivity contribution in [3.8, 4) is 0 Å². The fourth-order valence-electron chi connectivity index (χ4n) is 3.02. The third-order valence-corrected chi connectivity index (χ3v) is 4.21. The predicted octanol–water partition coefficient (Wildman–Crippen LogP) is 3.64. The summed E-state index contributed by atoms with van der Waals surface area (Å²) < 4.78 is 0. The van der Waals surface area contributed by atoms with E-state index in [1.54, 1.807) is 0 Å². The number of anilines is 2. The summed E-state index contributed by atoms with van der Waals surface area (Å²) in [5.41, 5.74) is 10.8. The third-order valence-electron chi connectivity index (χ3n) is 4.21. The molecule has 0 saturated carbocycles. The maximum absolute atomic E-state index is 12.6. The van der Waals surface area contributed by atoms with Crippen LogP contribution in [-0.4, -0.2) is 5.91 Å². The molecule has 0 saturated heterocycles. The van der Waals surface area contributed by atoms with E-state index in [0.717, 1.165) is 30.5 Å². The highest BCUT2D eigenvalue weighted by molar-refractivity contribution is 5.97. The molecule has 0 fully saturated rings. The van der Waals surface area contributed by atoms with E-state index >= 15 is 0 Å². The molecule has 1 aliphatic carbocycles. The van der Waals surface area contributed by atoms with Gasteiger partial charge in [0, 0.05) is 11.4 Å². The van der Waals surface area contributed by atoms with Crippen molar-refractivity contribution in [3.63, 3.8) is 0 Å². The highest BCUT2D eigenvalue weighted by Gasteiger charge is 2.26. The summed E-state index contributed by atoms with van der Waals surface area (Å²) in [5, 5.41) is 3.04. The second kappa shape index (κ2) is 5.60. The number of hydrogen-bond acceptors (Lipinski definition) is 2. The Bertz CT molecular complexity index is 679. The van der Waals surface area contributed by atoms with Crippen molar-refractivity contribution in [1.29, 1.82) is 0 Å². The summed E-state index contributed by atoms with van der Waals surface area (Å²) in [5.74, 6) is 0.00614. The van der Waals surface area contributed by atoms with E-state index in [9.17, 15) is 4.79 Å². The smallest absolute Gasteiger partial charge is 0.231 e. The molecule has 0 radical (unpaired) electrons. The van der Waals surface area contributed by atoms with Crippen molar-refractivity contribution in [2.45, 2.75) is 32.1 Å². The number of fused-ring (bicyclic) bond motifs is 1. The first-order valence-electron chi connectivity index (χ1n) is 7.40. The van der Waals surface area contributed by atoms with Gasteiger partial charge in [0.15, 0.2) is 0 Å². The molecule has 1 unspecified atom stereocenters. The van der Waals surface area contributed by atoms with Gasteiger partial charge in [0.2, 0.25) is 5.91 Å². The van der Waals surface area contributed by atoms with Crippen LogP contribution in [0.2, 0.25) is 0 Å². The molecule has 0 heterocycles. The number of hydrogen-bond donors (Lipinski definition) is 2. The van der Waals surface area contributed by atoms with Crippen LogP contribution in [0.15, 0.2) is 42.5 Å². The van der Waals surface area contributed by atoms with Crippen LogP contribution in [0.3, 0.4) is 0 Å². The number of benzene rings is 2. The second-order valence-electron chi connectivity index (χ2n) is 5.71. The Morgan fingerprint density at radius 2 is 2.05 bits per heavy atom. The Kier molecular flexibility index (Phi) is 3.65. The Balaban J connectivity index is 1.85. The van der Waals surface area contributed by atoms with Gasteiger partial charge in [0.1, 0.15) is 0 Å². The lowest BCUT2D eigenvalue weighted by Gasteiger charge is -2.25. The number of nitrogens with one attached hydrogen (secondary N) is 1. The summed E-state index contributed by atoms with van der Waals surface area (Å²) in [7, 11) is 0. The maximum atomic E-state index is 12.6. The lowest BCUT2D eigenvalue weighted by atomic mass is 9.82. The van der Waals surface area contributed by atoms with Crippen LogP contribution in [0.1, 0.15) is 35.4 Å². The van der Waals surface area contributed by atoms with Crippen molar-refractivity contribution < 1.29 is 4.79 Å². The average Bonchev–Trinajstić information content (AvgIpc) is 2.50. The highest BCUT2D eigenvalue weighted by atomic mass is 16.1. The minimum absolute atomic E-state index is 0.0595. The number of nitrogens with two attached hydrogens (primary N) is 1. The van der Waals surface area contributed by atoms with Gasteiger partial charge in [0.25, 0.3) is 0 Å². The zero-order chi connectivity index (χ0) is 14.8. The van der Waals surface area contributed by atoms with Crippen LogP contribution in [0.5, 0.6) is 0 Å². The third kappa shape index (κ3) is 2.77. The van der Waals surface area contributed by atoms with Crippen molar-refractivity contribution in [3.05, 3.63) is 59.2 Å². The van der Waals surface area contributed by atoms with Gasteiger partial charge in [-0.15, -0.1) is 0 Å². The fraction of sp³-hybridized carbons (Fsp3) is 0.278. The first-order chi connectivity index (χ1) is 10.1. The largest absolute Gasteiger partial charge is 0.399 e. The molecule has 3 nitrogen and oxygen atoms in total. The molecule has 108 valence electrons. The Hall–Kier alpha value is -2.29. The predicted molar refractivity (Wildman–Crippen MR) is 86.3 cm³/mol. The molecule has 21 heavy (non-hydrogen) atoms. The molecule has 3 heteroatoms. The van der Waals surface area contributed by atoms with Crippen LogP contribution in [0.4, 0.5) is 11.4 Å². The van der Waals surface area contributed by atoms with Gasteiger partial charge in [0.05, 0.1) is 5.92 Å². The number of nitrogen functional groups attached to an aromatic ring is 1. The van der Waals surface area contributed by atoms with E-state index in [0.29, 0.717) is 5.69 Å². The SMILES string of the molecule is Cc1ccc(N)cc1NC(=O)C1CCCc2ccccc21. The molecule has 2 aromatic rings. The van der Waals surface area contributed by atoms with Crippen LogP contribution in [-0.2, 0) is 11.2 Å². The van der Waals surface area contributed by atoms with Crippen LogP contribution < -0.4 is 11.1 Å². The molecular formula is C18H20N2O. The summed E-state index contributed by atoms with van der Waals surface area (Å²) in [6, 6.07) is 13.9. The van der Waals surface area contributed by atoms with E-state index < -0.39 is 0 Å². The van der Waals surface area contributed by atoms with Crippen molar-refractivity contribution in [1.82, 2.24) is 0 Å². The number of amides is 1. The molecule has 0 bridgehead atoms. The first-order valence-corrected chi connectivity index (χ1v) is 7.40.